The highest BCUT2D eigenvalue weighted by molar-refractivity contribution is 7.92. The summed E-state index contributed by atoms with van der Waals surface area (Å²) in [6.45, 7) is 0.739. The van der Waals surface area contributed by atoms with Gasteiger partial charge in [-0.15, -0.1) is 0 Å². The van der Waals surface area contributed by atoms with Gasteiger partial charge in [0.1, 0.15) is 12.2 Å². The van der Waals surface area contributed by atoms with Gasteiger partial charge in [0.05, 0.1) is 11.5 Å². The zero-order chi connectivity index (χ0) is 10.7. The molecule has 1 aliphatic heterocycles. The van der Waals surface area contributed by atoms with Crippen molar-refractivity contribution in [2.24, 2.45) is 0 Å². The first kappa shape index (κ1) is 13.2. The van der Waals surface area contributed by atoms with Crippen LogP contribution in [0.15, 0.2) is 42.0 Å². The summed E-state index contributed by atoms with van der Waals surface area (Å²) in [5.74, 6) is 0.446. The molecule has 0 aromatic heterocycles. The van der Waals surface area contributed by atoms with E-state index in [4.69, 9.17) is 0 Å². The van der Waals surface area contributed by atoms with E-state index in [0.717, 1.165) is 17.8 Å². The van der Waals surface area contributed by atoms with E-state index in [2.05, 4.69) is 5.32 Å². The Labute approximate surface area is 102 Å². The molecule has 0 saturated carbocycles. The molecule has 0 radical (unpaired) electrons. The number of hydrogen-bond donors (Lipinski definition) is 1. The molecule has 1 aromatic carbocycles. The fraction of sp³-hybridized carbons (Fsp3) is 0.273. The van der Waals surface area contributed by atoms with Crippen LogP contribution in [0.1, 0.15) is 0 Å². The predicted octanol–water partition coefficient (Wildman–Crippen LogP) is -2.76. The monoisotopic (exact) mass is 259 g/mol. The maximum atomic E-state index is 11.2. The Balaban J connectivity index is 0.00000128. The van der Waals surface area contributed by atoms with Gasteiger partial charge in [-0.05, 0) is 17.7 Å². The predicted molar refractivity (Wildman–Crippen MR) is 59.6 cm³/mol. The molecule has 0 amide bonds. The van der Waals surface area contributed by atoms with Crippen LogP contribution in [0.4, 0.5) is 5.69 Å². The fourth-order valence-corrected chi connectivity index (χ4v) is 3.03. The highest BCUT2D eigenvalue weighted by Crippen LogP contribution is 2.09. The van der Waals surface area contributed by atoms with Gasteiger partial charge in [0, 0.05) is 0 Å². The lowest BCUT2D eigenvalue weighted by atomic mass is 10.2. The average Bonchev–Trinajstić information content (AvgIpc) is 2.57. The normalized spacial score (nSPS) is 17.6. The smallest absolute Gasteiger partial charge is 0.157 e. The Morgan fingerprint density at radius 1 is 1.19 bits per heavy atom. The molecule has 3 nitrogen and oxygen atoms in total. The van der Waals surface area contributed by atoms with Gasteiger partial charge >= 0.3 is 0 Å². The first-order valence-electron chi connectivity index (χ1n) is 4.92. The number of benzene rings is 1. The van der Waals surface area contributed by atoms with E-state index in [1.54, 1.807) is 0 Å². The Hall–Kier alpha value is -0.840. The molecule has 0 aliphatic carbocycles. The number of hydrogen-bond acceptors (Lipinski definition) is 2. The second-order valence-corrected chi connectivity index (χ2v) is 5.85. The molecule has 1 aliphatic rings. The minimum Gasteiger partial charge on any atom is -1.00 e. The third-order valence-corrected chi connectivity index (χ3v) is 3.92. The lowest BCUT2D eigenvalue weighted by molar-refractivity contribution is -0.563. The summed E-state index contributed by atoms with van der Waals surface area (Å²) in [5, 5.41) is 2.06. The van der Waals surface area contributed by atoms with Crippen LogP contribution < -0.4 is 17.7 Å². The van der Waals surface area contributed by atoms with Gasteiger partial charge in [-0.1, -0.05) is 24.3 Å². The van der Waals surface area contributed by atoms with Crippen molar-refractivity contribution >= 4 is 15.5 Å². The SMILES string of the molecule is O=S1(=O)CC=C(C[NH2+]c2ccccc2)C1.[Cl-]. The van der Waals surface area contributed by atoms with E-state index < -0.39 is 9.84 Å². The van der Waals surface area contributed by atoms with Crippen LogP contribution in [0.3, 0.4) is 0 Å². The van der Waals surface area contributed by atoms with Crippen molar-refractivity contribution in [1.82, 2.24) is 0 Å². The van der Waals surface area contributed by atoms with Gasteiger partial charge in [-0.2, -0.15) is 0 Å². The molecule has 88 valence electrons. The largest absolute Gasteiger partial charge is 1.00 e. The number of quaternary nitrogens is 1. The van der Waals surface area contributed by atoms with E-state index in [1.165, 1.54) is 0 Å². The topological polar surface area (TPSA) is 50.8 Å². The van der Waals surface area contributed by atoms with Gasteiger partial charge in [0.2, 0.25) is 0 Å². The van der Waals surface area contributed by atoms with Crippen molar-refractivity contribution in [3.05, 3.63) is 42.0 Å². The van der Waals surface area contributed by atoms with Crippen molar-refractivity contribution < 1.29 is 26.1 Å². The van der Waals surface area contributed by atoms with Crippen LogP contribution >= 0.6 is 0 Å². The Morgan fingerprint density at radius 2 is 1.88 bits per heavy atom. The molecule has 0 atom stereocenters. The van der Waals surface area contributed by atoms with Gasteiger partial charge < -0.3 is 17.7 Å². The van der Waals surface area contributed by atoms with E-state index in [1.807, 2.05) is 36.4 Å². The summed E-state index contributed by atoms with van der Waals surface area (Å²) in [4.78, 5) is 0. The molecule has 0 spiro atoms. The first-order valence-corrected chi connectivity index (χ1v) is 6.74. The molecule has 16 heavy (non-hydrogen) atoms. The molecule has 0 unspecified atom stereocenters. The van der Waals surface area contributed by atoms with E-state index in [0.29, 0.717) is 0 Å². The maximum Gasteiger partial charge on any atom is 0.157 e. The zero-order valence-electron chi connectivity index (χ0n) is 8.77. The summed E-state index contributed by atoms with van der Waals surface area (Å²) in [6, 6.07) is 9.96. The molecule has 2 rings (SSSR count). The maximum absolute atomic E-state index is 11.2. The number of halogens is 1. The standard InChI is InChI=1S/C11H13NO2S.ClH/c13-15(14)7-6-10(9-15)8-12-11-4-2-1-3-5-11;/h1-6,12H,7-9H2;1H. The first-order chi connectivity index (χ1) is 7.16. The number of nitrogens with two attached hydrogens (primary N) is 1. The molecule has 1 heterocycles. The van der Waals surface area contributed by atoms with Gasteiger partial charge in [-0.3, -0.25) is 0 Å². The van der Waals surface area contributed by atoms with Gasteiger partial charge in [0.25, 0.3) is 0 Å². The quantitative estimate of drug-likeness (QED) is 0.472. The van der Waals surface area contributed by atoms with Crippen molar-refractivity contribution in [3.8, 4) is 0 Å². The molecule has 0 saturated heterocycles. The van der Waals surface area contributed by atoms with Gasteiger partial charge in [-0.25, -0.2) is 8.42 Å². The Bertz CT molecular complexity index is 468. The third-order valence-electron chi connectivity index (χ3n) is 2.43. The highest BCUT2D eigenvalue weighted by atomic mass is 35.5. The molecule has 5 heteroatoms. The van der Waals surface area contributed by atoms with Crippen molar-refractivity contribution in [2.45, 2.75) is 0 Å². The van der Waals surface area contributed by atoms with Crippen LogP contribution in [0.25, 0.3) is 0 Å². The van der Waals surface area contributed by atoms with Crippen molar-refractivity contribution in [3.63, 3.8) is 0 Å². The second kappa shape index (κ2) is 5.48. The highest BCUT2D eigenvalue weighted by Gasteiger charge is 2.20. The molecular formula is C11H14ClNO2S. The Morgan fingerprint density at radius 3 is 2.44 bits per heavy atom. The number of para-hydroxylation sites is 1. The average molecular weight is 260 g/mol. The fourth-order valence-electron chi connectivity index (χ4n) is 1.63. The van der Waals surface area contributed by atoms with Crippen LogP contribution in [0, 0.1) is 0 Å². The van der Waals surface area contributed by atoms with Crippen LogP contribution in [-0.2, 0) is 9.84 Å². The molecular weight excluding hydrogens is 246 g/mol. The van der Waals surface area contributed by atoms with Crippen LogP contribution in [0.2, 0.25) is 0 Å². The summed E-state index contributed by atoms with van der Waals surface area (Å²) >= 11 is 0. The summed E-state index contributed by atoms with van der Waals surface area (Å²) in [6.07, 6.45) is 1.83. The second-order valence-electron chi connectivity index (χ2n) is 3.74. The molecule has 0 bridgehead atoms. The van der Waals surface area contributed by atoms with E-state index >= 15 is 0 Å². The van der Waals surface area contributed by atoms with E-state index in [-0.39, 0.29) is 23.9 Å². The number of rotatable bonds is 3. The van der Waals surface area contributed by atoms with Crippen molar-refractivity contribution in [2.75, 3.05) is 18.1 Å². The minimum absolute atomic E-state index is 0. The summed E-state index contributed by atoms with van der Waals surface area (Å²) in [7, 11) is -2.81. The molecule has 1 aromatic rings. The van der Waals surface area contributed by atoms with Crippen molar-refractivity contribution in [1.29, 1.82) is 0 Å². The Kier molecular flexibility index (Phi) is 4.53. The lowest BCUT2D eigenvalue weighted by Gasteiger charge is -2.00. The third kappa shape index (κ3) is 3.63. The summed E-state index contributed by atoms with van der Waals surface area (Å²) < 4.78 is 22.4. The van der Waals surface area contributed by atoms with Gasteiger partial charge in [0.15, 0.2) is 9.84 Å². The number of sulfone groups is 1. The summed E-state index contributed by atoms with van der Waals surface area (Å²) in [5.41, 5.74) is 2.15. The lowest BCUT2D eigenvalue weighted by Crippen LogP contribution is -3.00. The van der Waals surface area contributed by atoms with Crippen LogP contribution in [0.5, 0.6) is 0 Å². The van der Waals surface area contributed by atoms with Crippen LogP contribution in [-0.4, -0.2) is 26.5 Å². The molecule has 0 fully saturated rings. The molecule has 2 N–H and O–H groups in total. The minimum atomic E-state index is -2.81. The van der Waals surface area contributed by atoms with E-state index in [9.17, 15) is 8.42 Å². The zero-order valence-corrected chi connectivity index (χ0v) is 10.3.